The summed E-state index contributed by atoms with van der Waals surface area (Å²) in [6.07, 6.45) is 1.89. The summed E-state index contributed by atoms with van der Waals surface area (Å²) in [6, 6.07) is 4.03. The minimum absolute atomic E-state index is 0.0154. The molecule has 1 unspecified atom stereocenters. The lowest BCUT2D eigenvalue weighted by Gasteiger charge is -2.35. The summed E-state index contributed by atoms with van der Waals surface area (Å²) in [5, 5.41) is 0.173. The van der Waals surface area contributed by atoms with Gasteiger partial charge in [-0.15, -0.1) is 0 Å². The molecule has 1 aliphatic heterocycles. The molecular formula is C15H18ClFN2O2S. The van der Waals surface area contributed by atoms with Gasteiger partial charge in [0.25, 0.3) is 5.91 Å². The highest BCUT2D eigenvalue weighted by atomic mass is 35.5. The molecule has 120 valence electrons. The van der Waals surface area contributed by atoms with E-state index < -0.39 is 5.82 Å². The maximum absolute atomic E-state index is 13.8. The van der Waals surface area contributed by atoms with E-state index >= 15 is 0 Å². The third-order valence-electron chi connectivity index (χ3n) is 3.74. The molecule has 0 saturated carbocycles. The van der Waals surface area contributed by atoms with E-state index in [2.05, 4.69) is 0 Å². The number of carbonyl (C=O) groups excluding carboxylic acids is 2. The lowest BCUT2D eigenvalue weighted by molar-refractivity contribution is -0.131. The summed E-state index contributed by atoms with van der Waals surface area (Å²) in [5.74, 6) is -0.900. The molecule has 4 nitrogen and oxygen atoms in total. The number of halogens is 2. The number of carbonyl (C=O) groups is 2. The number of thioether (sulfide) groups is 1. The lowest BCUT2D eigenvalue weighted by Crippen LogP contribution is -2.52. The Hall–Kier alpha value is -1.27. The standard InChI is InChI=1S/C15H18ClFN2O2S/c1-10(22-2)14(20)18-5-7-19(8-6-18)15(21)12-4-3-11(16)9-13(12)17/h3-4,9-10H,5-8H2,1-2H3. The molecule has 2 amide bonds. The van der Waals surface area contributed by atoms with Gasteiger partial charge >= 0.3 is 0 Å². The summed E-state index contributed by atoms with van der Waals surface area (Å²) in [7, 11) is 0. The SMILES string of the molecule is CSC(C)C(=O)N1CCN(C(=O)c2ccc(Cl)cc2F)CC1. The number of rotatable bonds is 3. The van der Waals surface area contributed by atoms with Crippen molar-refractivity contribution in [3.05, 3.63) is 34.6 Å². The van der Waals surface area contributed by atoms with Crippen molar-refractivity contribution in [2.24, 2.45) is 0 Å². The average molecular weight is 345 g/mol. The van der Waals surface area contributed by atoms with Crippen molar-refractivity contribution in [2.75, 3.05) is 32.4 Å². The van der Waals surface area contributed by atoms with E-state index in [4.69, 9.17) is 11.6 Å². The number of hydrogen-bond donors (Lipinski definition) is 0. The maximum Gasteiger partial charge on any atom is 0.256 e. The van der Waals surface area contributed by atoms with E-state index in [1.165, 1.54) is 23.9 Å². The zero-order valence-corrected chi connectivity index (χ0v) is 14.1. The Morgan fingerprint density at radius 1 is 1.23 bits per heavy atom. The van der Waals surface area contributed by atoms with Crippen molar-refractivity contribution in [1.82, 2.24) is 9.80 Å². The highest BCUT2D eigenvalue weighted by molar-refractivity contribution is 7.99. The van der Waals surface area contributed by atoms with Crippen molar-refractivity contribution < 1.29 is 14.0 Å². The Morgan fingerprint density at radius 3 is 2.36 bits per heavy atom. The number of benzene rings is 1. The van der Waals surface area contributed by atoms with Crippen molar-refractivity contribution in [1.29, 1.82) is 0 Å². The molecule has 22 heavy (non-hydrogen) atoms. The number of amides is 2. The summed E-state index contributed by atoms with van der Waals surface area (Å²) in [4.78, 5) is 27.8. The van der Waals surface area contributed by atoms with Crippen molar-refractivity contribution in [3.8, 4) is 0 Å². The minimum atomic E-state index is -0.619. The Balaban J connectivity index is 1.99. The number of piperazine rings is 1. The van der Waals surface area contributed by atoms with Gasteiger partial charge in [0, 0.05) is 31.2 Å². The van der Waals surface area contributed by atoms with Crippen LogP contribution in [0, 0.1) is 5.82 Å². The van der Waals surface area contributed by atoms with Crippen LogP contribution in [0.5, 0.6) is 0 Å². The van der Waals surface area contributed by atoms with Crippen LogP contribution in [0.4, 0.5) is 4.39 Å². The fourth-order valence-electron chi connectivity index (χ4n) is 2.32. The van der Waals surface area contributed by atoms with Gasteiger partial charge in [0.05, 0.1) is 10.8 Å². The van der Waals surface area contributed by atoms with Gasteiger partial charge in [0.15, 0.2) is 0 Å². The molecule has 0 aromatic heterocycles. The first-order chi connectivity index (χ1) is 10.4. The smallest absolute Gasteiger partial charge is 0.256 e. The van der Waals surface area contributed by atoms with Crippen LogP contribution in [-0.4, -0.2) is 59.3 Å². The fourth-order valence-corrected chi connectivity index (χ4v) is 2.83. The molecule has 1 heterocycles. The third-order valence-corrected chi connectivity index (χ3v) is 4.89. The minimum Gasteiger partial charge on any atom is -0.338 e. The zero-order valence-electron chi connectivity index (χ0n) is 12.5. The lowest BCUT2D eigenvalue weighted by atomic mass is 10.1. The highest BCUT2D eigenvalue weighted by Gasteiger charge is 2.28. The van der Waals surface area contributed by atoms with Crippen LogP contribution in [0.1, 0.15) is 17.3 Å². The van der Waals surface area contributed by atoms with Gasteiger partial charge in [0.1, 0.15) is 5.82 Å². The van der Waals surface area contributed by atoms with Crippen molar-refractivity contribution >= 4 is 35.2 Å². The topological polar surface area (TPSA) is 40.6 Å². The van der Waals surface area contributed by atoms with E-state index in [1.807, 2.05) is 13.2 Å². The molecule has 0 aliphatic carbocycles. The van der Waals surface area contributed by atoms with Crippen molar-refractivity contribution in [2.45, 2.75) is 12.2 Å². The maximum atomic E-state index is 13.8. The molecular weight excluding hydrogens is 327 g/mol. The molecule has 1 aliphatic rings. The van der Waals surface area contributed by atoms with Crippen LogP contribution < -0.4 is 0 Å². The van der Waals surface area contributed by atoms with Gasteiger partial charge < -0.3 is 9.80 Å². The molecule has 1 aromatic rings. The molecule has 1 saturated heterocycles. The molecule has 7 heteroatoms. The first-order valence-corrected chi connectivity index (χ1v) is 8.66. The second-order valence-corrected chi connectivity index (χ2v) is 6.73. The van der Waals surface area contributed by atoms with Crippen molar-refractivity contribution in [3.63, 3.8) is 0 Å². The molecule has 2 rings (SSSR count). The molecule has 0 bridgehead atoms. The quantitative estimate of drug-likeness (QED) is 0.846. The van der Waals surface area contributed by atoms with Gasteiger partial charge in [-0.2, -0.15) is 11.8 Å². The highest BCUT2D eigenvalue weighted by Crippen LogP contribution is 2.18. The van der Waals surface area contributed by atoms with Crippen LogP contribution in [0.3, 0.4) is 0 Å². The van der Waals surface area contributed by atoms with Gasteiger partial charge in [-0.1, -0.05) is 11.6 Å². The van der Waals surface area contributed by atoms with Gasteiger partial charge in [-0.3, -0.25) is 9.59 Å². The average Bonchev–Trinajstić information content (AvgIpc) is 2.53. The molecule has 1 atom stereocenters. The van der Waals surface area contributed by atoms with Crippen LogP contribution in [0.15, 0.2) is 18.2 Å². The molecule has 0 spiro atoms. The first-order valence-electron chi connectivity index (χ1n) is 7.00. The Morgan fingerprint density at radius 2 is 1.82 bits per heavy atom. The largest absolute Gasteiger partial charge is 0.338 e. The second-order valence-electron chi connectivity index (χ2n) is 5.12. The number of hydrogen-bond acceptors (Lipinski definition) is 3. The van der Waals surface area contributed by atoms with Gasteiger partial charge in [0.2, 0.25) is 5.91 Å². The summed E-state index contributed by atoms with van der Waals surface area (Å²) in [5.41, 5.74) is 0.0154. The Kier molecular flexibility index (Phi) is 5.69. The fraction of sp³-hybridized carbons (Fsp3) is 0.467. The van der Waals surface area contributed by atoms with Crippen LogP contribution in [-0.2, 0) is 4.79 Å². The number of nitrogens with zero attached hydrogens (tertiary/aromatic N) is 2. The van der Waals surface area contributed by atoms with E-state index in [-0.39, 0.29) is 27.7 Å². The predicted octanol–water partition coefficient (Wildman–Crippen LogP) is 2.52. The Labute approximate surface area is 138 Å². The van der Waals surface area contributed by atoms with Crippen LogP contribution >= 0.6 is 23.4 Å². The summed E-state index contributed by atoms with van der Waals surface area (Å²) < 4.78 is 13.8. The van der Waals surface area contributed by atoms with Gasteiger partial charge in [-0.25, -0.2) is 4.39 Å². The molecule has 1 fully saturated rings. The van der Waals surface area contributed by atoms with E-state index in [1.54, 1.807) is 9.80 Å². The predicted molar refractivity (Wildman–Crippen MR) is 86.9 cm³/mol. The Bertz CT molecular complexity index is 577. The summed E-state index contributed by atoms with van der Waals surface area (Å²) >= 11 is 7.19. The molecule has 0 N–H and O–H groups in total. The zero-order chi connectivity index (χ0) is 16.3. The van der Waals surface area contributed by atoms with Crippen LogP contribution in [0.25, 0.3) is 0 Å². The summed E-state index contributed by atoms with van der Waals surface area (Å²) in [6.45, 7) is 3.64. The van der Waals surface area contributed by atoms with E-state index in [0.29, 0.717) is 26.2 Å². The van der Waals surface area contributed by atoms with E-state index in [9.17, 15) is 14.0 Å². The normalized spacial score (nSPS) is 16.5. The van der Waals surface area contributed by atoms with Gasteiger partial charge in [-0.05, 0) is 31.4 Å². The monoisotopic (exact) mass is 344 g/mol. The first kappa shape index (κ1) is 17.1. The molecule has 1 aromatic carbocycles. The second kappa shape index (κ2) is 7.33. The van der Waals surface area contributed by atoms with Crippen LogP contribution in [0.2, 0.25) is 5.02 Å². The van der Waals surface area contributed by atoms with E-state index in [0.717, 1.165) is 6.07 Å². The molecule has 0 radical (unpaired) electrons. The third kappa shape index (κ3) is 3.73.